The third kappa shape index (κ3) is 3.81. The Morgan fingerprint density at radius 2 is 2.05 bits per heavy atom. The molecular formula is C14H15BrFN3. The van der Waals surface area contributed by atoms with E-state index >= 15 is 0 Å². The van der Waals surface area contributed by atoms with Gasteiger partial charge in [0, 0.05) is 12.4 Å². The van der Waals surface area contributed by atoms with Gasteiger partial charge in [0.05, 0.1) is 10.5 Å². The summed E-state index contributed by atoms with van der Waals surface area (Å²) in [5.41, 5.74) is 1.03. The molecule has 19 heavy (non-hydrogen) atoms. The van der Waals surface area contributed by atoms with E-state index in [1.54, 1.807) is 30.6 Å². The molecule has 0 fully saturated rings. The zero-order chi connectivity index (χ0) is 13.7. The lowest BCUT2D eigenvalue weighted by Crippen LogP contribution is -2.24. The summed E-state index contributed by atoms with van der Waals surface area (Å²) in [4.78, 5) is 8.55. The van der Waals surface area contributed by atoms with Gasteiger partial charge in [-0.15, -0.1) is 0 Å². The molecule has 0 radical (unpaired) electrons. The van der Waals surface area contributed by atoms with Crippen molar-refractivity contribution < 1.29 is 4.39 Å². The van der Waals surface area contributed by atoms with Gasteiger partial charge in [-0.1, -0.05) is 13.0 Å². The summed E-state index contributed by atoms with van der Waals surface area (Å²) in [6.07, 6.45) is 4.18. The van der Waals surface area contributed by atoms with Gasteiger partial charge < -0.3 is 5.32 Å². The molecule has 0 spiro atoms. The van der Waals surface area contributed by atoms with Crippen molar-refractivity contribution in [3.63, 3.8) is 0 Å². The summed E-state index contributed by atoms with van der Waals surface area (Å²) >= 11 is 3.20. The molecule has 2 aromatic rings. The van der Waals surface area contributed by atoms with E-state index in [0.717, 1.165) is 24.4 Å². The van der Waals surface area contributed by atoms with Crippen LogP contribution in [0.5, 0.6) is 0 Å². The predicted molar refractivity (Wildman–Crippen MR) is 76.3 cm³/mol. The van der Waals surface area contributed by atoms with Crippen LogP contribution in [0.1, 0.15) is 24.4 Å². The molecule has 2 rings (SSSR count). The Balaban J connectivity index is 2.19. The molecule has 0 saturated carbocycles. The first kappa shape index (κ1) is 14.1. The molecule has 1 unspecified atom stereocenters. The molecule has 1 aromatic carbocycles. The number of aromatic nitrogens is 2. The summed E-state index contributed by atoms with van der Waals surface area (Å²) in [6, 6.07) is 6.87. The quantitative estimate of drug-likeness (QED) is 0.917. The minimum Gasteiger partial charge on any atom is -0.307 e. The van der Waals surface area contributed by atoms with Crippen LogP contribution in [-0.2, 0) is 6.42 Å². The summed E-state index contributed by atoms with van der Waals surface area (Å²) in [6.45, 7) is 2.86. The maximum absolute atomic E-state index is 13.2. The summed E-state index contributed by atoms with van der Waals surface area (Å²) in [5, 5.41) is 3.35. The van der Waals surface area contributed by atoms with Crippen LogP contribution in [0.25, 0.3) is 0 Å². The number of rotatable bonds is 5. The molecule has 0 saturated heterocycles. The largest absolute Gasteiger partial charge is 0.307 e. The second-order valence-corrected chi connectivity index (χ2v) is 5.02. The number of nitrogens with zero attached hydrogens (tertiary/aromatic N) is 2. The standard InChI is InChI=1S/C14H15BrFN3/c1-2-17-13(14-18-6-3-7-19-14)9-10-4-5-12(16)11(15)8-10/h3-8,13,17H,2,9H2,1H3. The number of benzene rings is 1. The van der Waals surface area contributed by atoms with Crippen LogP contribution in [0.15, 0.2) is 41.1 Å². The van der Waals surface area contributed by atoms with Gasteiger partial charge in [0.1, 0.15) is 11.6 Å². The van der Waals surface area contributed by atoms with E-state index in [4.69, 9.17) is 0 Å². The molecule has 1 heterocycles. The van der Waals surface area contributed by atoms with Gasteiger partial charge in [0.15, 0.2) is 0 Å². The maximum atomic E-state index is 13.2. The predicted octanol–water partition coefficient (Wildman–Crippen LogP) is 3.27. The highest BCUT2D eigenvalue weighted by Gasteiger charge is 2.14. The van der Waals surface area contributed by atoms with Crippen LogP contribution in [0.3, 0.4) is 0 Å². The van der Waals surface area contributed by atoms with Gasteiger partial charge in [0.25, 0.3) is 0 Å². The van der Waals surface area contributed by atoms with Gasteiger partial charge >= 0.3 is 0 Å². The highest BCUT2D eigenvalue weighted by molar-refractivity contribution is 9.10. The third-order valence-electron chi connectivity index (χ3n) is 2.77. The van der Waals surface area contributed by atoms with Gasteiger partial charge in [0.2, 0.25) is 0 Å². The molecule has 0 aliphatic rings. The highest BCUT2D eigenvalue weighted by Crippen LogP contribution is 2.20. The molecule has 0 bridgehead atoms. The SMILES string of the molecule is CCNC(Cc1ccc(F)c(Br)c1)c1ncccn1. The zero-order valence-corrected chi connectivity index (χ0v) is 12.2. The van der Waals surface area contributed by atoms with Crippen LogP contribution in [-0.4, -0.2) is 16.5 Å². The maximum Gasteiger partial charge on any atom is 0.145 e. The highest BCUT2D eigenvalue weighted by atomic mass is 79.9. The average molecular weight is 324 g/mol. The van der Waals surface area contributed by atoms with Gasteiger partial charge in [-0.3, -0.25) is 0 Å². The van der Waals surface area contributed by atoms with E-state index in [9.17, 15) is 4.39 Å². The van der Waals surface area contributed by atoms with Gasteiger partial charge in [-0.2, -0.15) is 0 Å². The van der Waals surface area contributed by atoms with Gasteiger partial charge in [-0.25, -0.2) is 14.4 Å². The summed E-state index contributed by atoms with van der Waals surface area (Å²) in [7, 11) is 0. The van der Waals surface area contributed by atoms with Crippen molar-refractivity contribution in [1.82, 2.24) is 15.3 Å². The van der Waals surface area contributed by atoms with Crippen LogP contribution in [0.2, 0.25) is 0 Å². The molecule has 1 aromatic heterocycles. The lowest BCUT2D eigenvalue weighted by Gasteiger charge is -2.16. The van der Waals surface area contributed by atoms with Crippen molar-refractivity contribution in [2.45, 2.75) is 19.4 Å². The van der Waals surface area contributed by atoms with Crippen LogP contribution in [0, 0.1) is 5.82 Å². The monoisotopic (exact) mass is 323 g/mol. The zero-order valence-electron chi connectivity index (χ0n) is 10.6. The Morgan fingerprint density at radius 1 is 1.32 bits per heavy atom. The Hall–Kier alpha value is -1.33. The van der Waals surface area contributed by atoms with Crippen LogP contribution >= 0.6 is 15.9 Å². The Morgan fingerprint density at radius 3 is 2.68 bits per heavy atom. The molecule has 5 heteroatoms. The van der Waals surface area contributed by atoms with Crippen molar-refractivity contribution in [2.24, 2.45) is 0 Å². The Labute approximate surface area is 120 Å². The molecule has 100 valence electrons. The molecule has 1 atom stereocenters. The number of hydrogen-bond acceptors (Lipinski definition) is 3. The van der Waals surface area contributed by atoms with Crippen LogP contribution < -0.4 is 5.32 Å². The fraction of sp³-hybridized carbons (Fsp3) is 0.286. The van der Waals surface area contributed by atoms with Gasteiger partial charge in [-0.05, 0) is 52.7 Å². The van der Waals surface area contributed by atoms with E-state index in [1.807, 2.05) is 6.92 Å². The molecular weight excluding hydrogens is 309 g/mol. The molecule has 3 nitrogen and oxygen atoms in total. The summed E-state index contributed by atoms with van der Waals surface area (Å²) < 4.78 is 13.7. The fourth-order valence-electron chi connectivity index (χ4n) is 1.89. The average Bonchev–Trinajstić information content (AvgIpc) is 2.43. The number of halogens is 2. The summed E-state index contributed by atoms with van der Waals surface area (Å²) in [5.74, 6) is 0.504. The Bertz CT molecular complexity index is 533. The second kappa shape index (κ2) is 6.73. The molecule has 1 N–H and O–H groups in total. The topological polar surface area (TPSA) is 37.8 Å². The number of likely N-dealkylation sites (N-methyl/N-ethyl adjacent to an activating group) is 1. The van der Waals surface area contributed by atoms with Crippen molar-refractivity contribution in [3.8, 4) is 0 Å². The molecule has 0 amide bonds. The second-order valence-electron chi connectivity index (χ2n) is 4.17. The molecule has 0 aliphatic carbocycles. The Kier molecular flexibility index (Phi) is 4.99. The third-order valence-corrected chi connectivity index (χ3v) is 3.38. The normalized spacial score (nSPS) is 12.4. The first-order valence-electron chi connectivity index (χ1n) is 6.15. The fourth-order valence-corrected chi connectivity index (χ4v) is 2.32. The van der Waals surface area contributed by atoms with E-state index < -0.39 is 0 Å². The number of nitrogens with one attached hydrogen (secondary N) is 1. The minimum atomic E-state index is -0.250. The number of hydrogen-bond donors (Lipinski definition) is 1. The lowest BCUT2D eigenvalue weighted by atomic mass is 10.1. The van der Waals surface area contributed by atoms with E-state index in [-0.39, 0.29) is 11.9 Å². The van der Waals surface area contributed by atoms with E-state index in [0.29, 0.717) is 4.47 Å². The minimum absolute atomic E-state index is 0.0311. The van der Waals surface area contributed by atoms with Crippen molar-refractivity contribution in [3.05, 3.63) is 58.3 Å². The first-order valence-corrected chi connectivity index (χ1v) is 6.94. The lowest BCUT2D eigenvalue weighted by molar-refractivity contribution is 0.520. The smallest absolute Gasteiger partial charge is 0.145 e. The van der Waals surface area contributed by atoms with Crippen molar-refractivity contribution in [2.75, 3.05) is 6.54 Å². The van der Waals surface area contributed by atoms with Crippen LogP contribution in [0.4, 0.5) is 4.39 Å². The molecule has 0 aliphatic heterocycles. The first-order chi connectivity index (χ1) is 9.20. The van der Waals surface area contributed by atoms with E-state index in [1.165, 1.54) is 6.07 Å². The van der Waals surface area contributed by atoms with Crippen molar-refractivity contribution >= 4 is 15.9 Å². The van der Waals surface area contributed by atoms with Crippen molar-refractivity contribution in [1.29, 1.82) is 0 Å². The van der Waals surface area contributed by atoms with E-state index in [2.05, 4.69) is 31.2 Å².